The third kappa shape index (κ3) is 14.5. The van der Waals surface area contributed by atoms with Crippen LogP contribution < -0.4 is 37.3 Å². The van der Waals surface area contributed by atoms with E-state index in [1.165, 1.54) is 24.3 Å². The van der Waals surface area contributed by atoms with Gasteiger partial charge in [-0.2, -0.15) is 0 Å². The zero-order chi connectivity index (χ0) is 33.9. The first-order chi connectivity index (χ1) is 21.0. The largest absolute Gasteiger partial charge is 0.666 e. The molecule has 1 aliphatic rings. The van der Waals surface area contributed by atoms with Crippen LogP contribution in [0.15, 0.2) is 24.3 Å². The van der Waals surface area contributed by atoms with Gasteiger partial charge in [0.2, 0.25) is 35.4 Å². The molecule has 0 aliphatic carbocycles. The average molecular weight is 918 g/mol. The van der Waals surface area contributed by atoms with E-state index in [4.69, 9.17) is 27.0 Å². The molecule has 0 aromatic heterocycles. The summed E-state index contributed by atoms with van der Waals surface area (Å²) < 4.78 is 15.7. The van der Waals surface area contributed by atoms with Crippen LogP contribution in [-0.4, -0.2) is 86.9 Å². The van der Waals surface area contributed by atoms with Crippen molar-refractivity contribution in [2.24, 2.45) is 17.4 Å². The van der Waals surface area contributed by atoms with Gasteiger partial charge in [0.15, 0.2) is 0 Å². The summed E-state index contributed by atoms with van der Waals surface area (Å²) in [6.45, 7) is 3.40. The second kappa shape index (κ2) is 19.8. The Balaban J connectivity index is 0.0000106. The molecule has 0 spiro atoms. The van der Waals surface area contributed by atoms with E-state index in [0.29, 0.717) is 12.0 Å². The number of primary amides is 2. The van der Waals surface area contributed by atoms with Crippen LogP contribution >= 0.6 is 29.4 Å². The minimum absolute atomic E-state index is 0. The molecule has 1 saturated heterocycles. The van der Waals surface area contributed by atoms with Gasteiger partial charge in [0.1, 0.15) is 29.9 Å². The van der Waals surface area contributed by atoms with Crippen molar-refractivity contribution in [3.8, 4) is 5.75 Å². The maximum absolute atomic E-state index is 13.6. The maximum Gasteiger partial charge on any atom is 0.524 e. The van der Waals surface area contributed by atoms with Crippen molar-refractivity contribution >= 4 is 64.9 Å². The summed E-state index contributed by atoms with van der Waals surface area (Å²) in [4.78, 5) is 94.8. The Morgan fingerprint density at radius 1 is 0.957 bits per heavy atom. The number of hydrogen-bond donors (Lipinski definition) is 8. The average Bonchev–Trinajstić information content (AvgIpc) is 2.95. The fourth-order valence-electron chi connectivity index (χ4n) is 3.94. The summed E-state index contributed by atoms with van der Waals surface area (Å²) >= 11 is 0. The third-order valence-electron chi connectivity index (χ3n) is 6.58. The predicted molar refractivity (Wildman–Crippen MR) is 166 cm³/mol. The van der Waals surface area contributed by atoms with Gasteiger partial charge in [0, 0.05) is 56.2 Å². The predicted octanol–water partition coefficient (Wildman–Crippen LogP) is -1.14. The van der Waals surface area contributed by atoms with Gasteiger partial charge in [-0.25, -0.2) is 4.57 Å². The first-order valence-electron chi connectivity index (χ1n) is 13.6. The monoisotopic (exact) mass is 917 g/mol. The Labute approximate surface area is 309 Å². The molecule has 2 unspecified atom stereocenters. The zero-order valence-electron chi connectivity index (χ0n) is 25.0. The Morgan fingerprint density at radius 2 is 1.52 bits per heavy atom. The number of amides is 6. The van der Waals surface area contributed by atoms with Crippen molar-refractivity contribution in [1.29, 1.82) is 0 Å². The second-order valence-corrected chi connectivity index (χ2v) is 13.9. The molecule has 1 aliphatic heterocycles. The number of carbonyl (C=O) groups is 6. The van der Waals surface area contributed by atoms with Crippen molar-refractivity contribution in [3.05, 3.63) is 35.6 Å². The van der Waals surface area contributed by atoms with Gasteiger partial charge in [-0.1, -0.05) is 54.0 Å². The summed E-state index contributed by atoms with van der Waals surface area (Å²) in [5.41, 5.74) is 19.4. The van der Waals surface area contributed by atoms with E-state index in [2.05, 4.69) is 25.8 Å². The molecule has 1 radical (unpaired) electrons. The van der Waals surface area contributed by atoms with Crippen LogP contribution in [0.3, 0.4) is 0 Å². The van der Waals surface area contributed by atoms with E-state index < -0.39 is 85.8 Å². The molecular weight excluding hydrogens is 880 g/mol. The van der Waals surface area contributed by atoms with E-state index in [-0.39, 0.29) is 67.7 Å². The van der Waals surface area contributed by atoms with Crippen molar-refractivity contribution in [2.75, 3.05) is 11.5 Å². The number of carbonyl (C=O) groups excluding carboxylic acids is 6. The zero-order valence-corrected chi connectivity index (χ0v) is 32.2. The molecule has 253 valence electrons. The molecule has 2 rings (SSSR count). The molecule has 11 N–H and O–H groups in total. The van der Waals surface area contributed by atoms with Crippen LogP contribution in [0.5, 0.6) is 5.75 Å². The number of phosphoric acid groups is 1. The molecule has 1 heterocycles. The number of hydrogen-bond acceptors (Lipinski definition) is 10. The minimum Gasteiger partial charge on any atom is -0.666 e. The van der Waals surface area contributed by atoms with Gasteiger partial charge in [-0.15, -0.1) is 0 Å². The SMILES string of the molecule is CCC(C)[C@@H]1NC(=O)[C@H](Cc2ccc(OP(=O)(O)O)cc2)NC(=O)[C@@H]([NH-])CSSC[C@@H](C(N)=O)NC(=O)C(CC(N)=O)NC1=O.[Ac]. The van der Waals surface area contributed by atoms with Gasteiger partial charge in [-0.3, -0.25) is 38.6 Å². The summed E-state index contributed by atoms with van der Waals surface area (Å²) in [6.07, 6.45) is -0.382. The Kier molecular flexibility index (Phi) is 18.1. The van der Waals surface area contributed by atoms with Crippen LogP contribution in [0.2, 0.25) is 0 Å². The van der Waals surface area contributed by atoms with Gasteiger partial charge in [-0.05, 0) is 35.4 Å². The summed E-state index contributed by atoms with van der Waals surface area (Å²) in [5, 5.41) is 9.92. The van der Waals surface area contributed by atoms with Gasteiger partial charge >= 0.3 is 7.82 Å². The third-order valence-corrected chi connectivity index (χ3v) is 9.45. The molecule has 1 aromatic rings. The molecule has 0 bridgehead atoms. The number of phosphoric ester groups is 1. The summed E-state index contributed by atoms with van der Waals surface area (Å²) in [7, 11) is -2.72. The number of benzene rings is 1. The standard InChI is InChI=1S/C25H37N7O10PS2.Ac/c1-3-12(2)20-25(38)30-17(9-19(27)33)23(36)31-18(21(28)34)11-45-44-10-15(26)22(35)29-16(24(37)32-20)8-13-4-6-14(7-5-13)42-43(39,40)41;/h4-7,12,15-18,20,26H,3,8-11H2,1-2H3,(H2,27,33)(H2,28,34)(H,29,35)(H,30,38)(H,31,36)(H,32,37)(H2,39,40,41);/q-1;/t12?,15-,16-,17?,18-,20-;/m0./s1. The molecule has 6 amide bonds. The molecule has 17 nitrogen and oxygen atoms in total. The number of rotatable bonds is 9. The quantitative estimate of drug-likeness (QED) is 0.108. The van der Waals surface area contributed by atoms with Crippen molar-refractivity contribution in [1.82, 2.24) is 21.3 Å². The fraction of sp³-hybridized carbons (Fsp3) is 0.520. The van der Waals surface area contributed by atoms with Crippen LogP contribution in [0.25, 0.3) is 5.73 Å². The maximum atomic E-state index is 13.6. The molecular formula is C25H37AcN7O10PS2-. The van der Waals surface area contributed by atoms with E-state index in [9.17, 15) is 33.3 Å². The fourth-order valence-corrected chi connectivity index (χ4v) is 6.60. The van der Waals surface area contributed by atoms with Crippen LogP contribution in [0.1, 0.15) is 32.3 Å². The summed E-state index contributed by atoms with van der Waals surface area (Å²) in [5.74, 6) is -5.96. The molecule has 46 heavy (non-hydrogen) atoms. The topological polar surface area (TPSA) is 293 Å². The number of nitrogens with two attached hydrogens (primary N) is 2. The van der Waals surface area contributed by atoms with Crippen LogP contribution in [0, 0.1) is 50.0 Å². The normalized spacial score (nSPS) is 24.5. The molecule has 21 heteroatoms. The molecule has 1 aromatic carbocycles. The van der Waals surface area contributed by atoms with Crippen molar-refractivity contribution < 1.29 is 91.7 Å². The van der Waals surface area contributed by atoms with Crippen LogP contribution in [0.4, 0.5) is 0 Å². The minimum atomic E-state index is -4.81. The van der Waals surface area contributed by atoms with E-state index in [0.717, 1.165) is 21.6 Å². The first-order valence-corrected chi connectivity index (χ1v) is 17.6. The van der Waals surface area contributed by atoms with Crippen molar-refractivity contribution in [2.45, 2.75) is 63.3 Å². The Bertz CT molecular complexity index is 1310. The molecule has 0 saturated carbocycles. The Morgan fingerprint density at radius 3 is 2.07 bits per heavy atom. The Hall–Kier alpha value is -1.91. The van der Waals surface area contributed by atoms with E-state index >= 15 is 0 Å². The van der Waals surface area contributed by atoms with Crippen molar-refractivity contribution in [3.63, 3.8) is 0 Å². The van der Waals surface area contributed by atoms with Gasteiger partial charge in [0.05, 0.1) is 6.42 Å². The van der Waals surface area contributed by atoms with Gasteiger partial charge < -0.3 is 43.0 Å². The summed E-state index contributed by atoms with van der Waals surface area (Å²) in [6, 6.07) is -1.31. The van der Waals surface area contributed by atoms with Crippen LogP contribution in [-0.2, 0) is 39.8 Å². The van der Waals surface area contributed by atoms with E-state index in [1.54, 1.807) is 13.8 Å². The van der Waals surface area contributed by atoms with E-state index in [1.807, 2.05) is 0 Å². The van der Waals surface area contributed by atoms with Gasteiger partial charge in [0.25, 0.3) is 0 Å². The first kappa shape index (κ1) is 42.1. The molecule has 6 atom stereocenters. The second-order valence-electron chi connectivity index (χ2n) is 10.2. The smallest absolute Gasteiger partial charge is 0.524 e. The molecule has 1 fully saturated rings. The number of nitrogens with one attached hydrogen (secondary N) is 5.